The molecule has 0 amide bonds. The van der Waals surface area contributed by atoms with Gasteiger partial charge in [0.2, 0.25) is 0 Å². The molecule has 0 bridgehead atoms. The van der Waals surface area contributed by atoms with Crippen LogP contribution in [-0.4, -0.2) is 14.8 Å². The summed E-state index contributed by atoms with van der Waals surface area (Å²) >= 11 is 12.2. The molecule has 0 aliphatic heterocycles. The third-order valence-electron chi connectivity index (χ3n) is 2.60. The van der Waals surface area contributed by atoms with Crippen LogP contribution >= 0.6 is 23.2 Å². The minimum absolute atomic E-state index is 0.316. The molecule has 0 fully saturated rings. The molecule has 0 saturated carbocycles. The molecule has 3 nitrogen and oxygen atoms in total. The van der Waals surface area contributed by atoms with Crippen molar-refractivity contribution >= 4 is 23.2 Å². The van der Waals surface area contributed by atoms with Crippen molar-refractivity contribution in [2.45, 2.75) is 26.1 Å². The number of alkyl halides is 1. The highest BCUT2D eigenvalue weighted by molar-refractivity contribution is 6.32. The summed E-state index contributed by atoms with van der Waals surface area (Å²) in [5.74, 6) is 2.43. The first-order valence-electron chi connectivity index (χ1n) is 5.87. The standard InChI is InChI=1S/C13H15Cl2N3/c1-9(2)7-12-16-17-13(8-14)18(12)11-6-4-3-5-10(11)15/h3-6,9H,7-8H2,1-2H3. The zero-order chi connectivity index (χ0) is 13.1. The molecule has 0 aliphatic carbocycles. The van der Waals surface area contributed by atoms with Crippen molar-refractivity contribution in [1.82, 2.24) is 14.8 Å². The summed E-state index contributed by atoms with van der Waals surface area (Å²) in [5.41, 5.74) is 0.885. The van der Waals surface area contributed by atoms with Crippen molar-refractivity contribution in [3.05, 3.63) is 40.9 Å². The summed E-state index contributed by atoms with van der Waals surface area (Å²) in [6, 6.07) is 7.65. The van der Waals surface area contributed by atoms with Crippen molar-refractivity contribution in [3.8, 4) is 5.69 Å². The lowest BCUT2D eigenvalue weighted by molar-refractivity contribution is 0.611. The number of rotatable bonds is 4. The lowest BCUT2D eigenvalue weighted by Crippen LogP contribution is -2.07. The van der Waals surface area contributed by atoms with Crippen LogP contribution < -0.4 is 0 Å². The number of nitrogens with zero attached hydrogens (tertiary/aromatic N) is 3. The smallest absolute Gasteiger partial charge is 0.152 e. The second-order valence-electron chi connectivity index (χ2n) is 4.55. The normalized spacial score (nSPS) is 11.2. The summed E-state index contributed by atoms with van der Waals surface area (Å²) in [4.78, 5) is 0. The van der Waals surface area contributed by atoms with E-state index in [2.05, 4.69) is 24.0 Å². The zero-order valence-electron chi connectivity index (χ0n) is 10.4. The van der Waals surface area contributed by atoms with Crippen LogP contribution in [0.5, 0.6) is 0 Å². The molecular weight excluding hydrogens is 269 g/mol. The highest BCUT2D eigenvalue weighted by atomic mass is 35.5. The second kappa shape index (κ2) is 5.72. The van der Waals surface area contributed by atoms with Crippen LogP contribution in [0.1, 0.15) is 25.5 Å². The van der Waals surface area contributed by atoms with Crippen molar-refractivity contribution in [2.24, 2.45) is 5.92 Å². The number of halogens is 2. The maximum absolute atomic E-state index is 6.23. The quantitative estimate of drug-likeness (QED) is 0.798. The van der Waals surface area contributed by atoms with Gasteiger partial charge in [0.15, 0.2) is 5.82 Å². The van der Waals surface area contributed by atoms with Crippen LogP contribution in [0.2, 0.25) is 5.02 Å². The van der Waals surface area contributed by atoms with Crippen LogP contribution in [0.3, 0.4) is 0 Å². The Hall–Kier alpha value is -1.06. The maximum Gasteiger partial charge on any atom is 0.152 e. The Bertz CT molecular complexity index is 535. The highest BCUT2D eigenvalue weighted by Gasteiger charge is 2.15. The molecule has 5 heteroatoms. The van der Waals surface area contributed by atoms with Crippen LogP contribution in [0, 0.1) is 5.92 Å². The predicted octanol–water partition coefficient (Wildman–Crippen LogP) is 3.86. The van der Waals surface area contributed by atoms with Gasteiger partial charge in [0.25, 0.3) is 0 Å². The average molecular weight is 284 g/mol. The van der Waals surface area contributed by atoms with E-state index in [1.54, 1.807) is 0 Å². The Kier molecular flexibility index (Phi) is 4.25. The van der Waals surface area contributed by atoms with Gasteiger partial charge in [-0.15, -0.1) is 21.8 Å². The van der Waals surface area contributed by atoms with E-state index in [0.717, 1.165) is 23.8 Å². The molecule has 0 N–H and O–H groups in total. The van der Waals surface area contributed by atoms with Gasteiger partial charge >= 0.3 is 0 Å². The molecule has 0 unspecified atom stereocenters. The van der Waals surface area contributed by atoms with Gasteiger partial charge < -0.3 is 0 Å². The Labute approximate surface area is 117 Å². The number of hydrogen-bond donors (Lipinski definition) is 0. The first kappa shape index (κ1) is 13.4. The Morgan fingerprint density at radius 1 is 1.17 bits per heavy atom. The Morgan fingerprint density at radius 3 is 2.44 bits per heavy atom. The summed E-state index contributed by atoms with van der Waals surface area (Å²) in [7, 11) is 0. The van der Waals surface area contributed by atoms with E-state index < -0.39 is 0 Å². The first-order chi connectivity index (χ1) is 8.63. The lowest BCUT2D eigenvalue weighted by Gasteiger charge is -2.12. The fourth-order valence-corrected chi connectivity index (χ4v) is 2.24. The van der Waals surface area contributed by atoms with Crippen molar-refractivity contribution in [2.75, 3.05) is 0 Å². The van der Waals surface area contributed by atoms with Gasteiger partial charge in [-0.05, 0) is 18.1 Å². The van der Waals surface area contributed by atoms with Crippen LogP contribution in [0.25, 0.3) is 5.69 Å². The van der Waals surface area contributed by atoms with Gasteiger partial charge in [-0.25, -0.2) is 0 Å². The minimum atomic E-state index is 0.316. The van der Waals surface area contributed by atoms with Gasteiger partial charge in [-0.3, -0.25) is 4.57 Å². The monoisotopic (exact) mass is 283 g/mol. The molecule has 0 saturated heterocycles. The van der Waals surface area contributed by atoms with E-state index in [-0.39, 0.29) is 0 Å². The van der Waals surface area contributed by atoms with E-state index in [1.165, 1.54) is 0 Å². The van der Waals surface area contributed by atoms with Crippen molar-refractivity contribution < 1.29 is 0 Å². The number of benzene rings is 1. The summed E-state index contributed by atoms with van der Waals surface area (Å²) in [5, 5.41) is 9.02. The summed E-state index contributed by atoms with van der Waals surface area (Å²) in [6.07, 6.45) is 0.842. The minimum Gasteiger partial charge on any atom is -0.280 e. The van der Waals surface area contributed by atoms with Crippen LogP contribution in [0.15, 0.2) is 24.3 Å². The number of para-hydroxylation sites is 1. The predicted molar refractivity (Wildman–Crippen MR) is 74.5 cm³/mol. The van der Waals surface area contributed by atoms with E-state index >= 15 is 0 Å². The summed E-state index contributed by atoms with van der Waals surface area (Å²) in [6.45, 7) is 4.29. The van der Waals surface area contributed by atoms with Gasteiger partial charge in [0.1, 0.15) is 5.82 Å². The SMILES string of the molecule is CC(C)Cc1nnc(CCl)n1-c1ccccc1Cl. The van der Waals surface area contributed by atoms with E-state index in [9.17, 15) is 0 Å². The fraction of sp³-hybridized carbons (Fsp3) is 0.385. The molecule has 1 aromatic carbocycles. The lowest BCUT2D eigenvalue weighted by atomic mass is 10.1. The fourth-order valence-electron chi connectivity index (χ4n) is 1.85. The van der Waals surface area contributed by atoms with E-state index in [1.807, 2.05) is 28.8 Å². The molecule has 0 aliphatic rings. The maximum atomic E-state index is 6.23. The largest absolute Gasteiger partial charge is 0.280 e. The topological polar surface area (TPSA) is 30.7 Å². The van der Waals surface area contributed by atoms with Crippen LogP contribution in [-0.2, 0) is 12.3 Å². The van der Waals surface area contributed by atoms with Gasteiger partial charge in [0, 0.05) is 6.42 Å². The zero-order valence-corrected chi connectivity index (χ0v) is 11.9. The van der Waals surface area contributed by atoms with Crippen molar-refractivity contribution in [1.29, 1.82) is 0 Å². The van der Waals surface area contributed by atoms with Gasteiger partial charge in [-0.1, -0.05) is 37.6 Å². The molecule has 1 aromatic heterocycles. The molecule has 0 radical (unpaired) electrons. The van der Waals surface area contributed by atoms with E-state index in [0.29, 0.717) is 16.8 Å². The molecule has 2 rings (SSSR count). The highest BCUT2D eigenvalue weighted by Crippen LogP contribution is 2.24. The summed E-state index contributed by atoms with van der Waals surface area (Å²) < 4.78 is 1.95. The molecule has 18 heavy (non-hydrogen) atoms. The molecule has 96 valence electrons. The van der Waals surface area contributed by atoms with Gasteiger partial charge in [-0.2, -0.15) is 0 Å². The number of aromatic nitrogens is 3. The molecule has 0 atom stereocenters. The van der Waals surface area contributed by atoms with Crippen molar-refractivity contribution in [3.63, 3.8) is 0 Å². The third kappa shape index (κ3) is 2.68. The average Bonchev–Trinajstić information content (AvgIpc) is 2.72. The molecule has 1 heterocycles. The second-order valence-corrected chi connectivity index (χ2v) is 5.23. The Balaban J connectivity index is 2.54. The third-order valence-corrected chi connectivity index (χ3v) is 3.16. The molecule has 2 aromatic rings. The molecule has 0 spiro atoms. The van der Waals surface area contributed by atoms with Gasteiger partial charge in [0.05, 0.1) is 16.6 Å². The Morgan fingerprint density at radius 2 is 1.83 bits per heavy atom. The first-order valence-corrected chi connectivity index (χ1v) is 6.78. The van der Waals surface area contributed by atoms with E-state index in [4.69, 9.17) is 23.2 Å². The number of hydrogen-bond acceptors (Lipinski definition) is 2. The van der Waals surface area contributed by atoms with Crippen LogP contribution in [0.4, 0.5) is 0 Å². The molecular formula is C13H15Cl2N3.